The molecule has 276 valence electrons. The summed E-state index contributed by atoms with van der Waals surface area (Å²) in [5.41, 5.74) is 15.1. The number of azo groups is 2. The number of nitrogens with zero attached hydrogens (tertiary/aromatic N) is 15. The first kappa shape index (κ1) is 35.2. The second-order valence-corrected chi connectivity index (χ2v) is 11.3. The maximum absolute atomic E-state index is 12.5. The van der Waals surface area contributed by atoms with Crippen LogP contribution < -0.4 is 11.5 Å². The van der Waals surface area contributed by atoms with Gasteiger partial charge in [-0.25, -0.2) is 19.0 Å². The Morgan fingerprint density at radius 1 is 0.618 bits per heavy atom. The average molecular weight is 744 g/mol. The number of nitrogen functional groups attached to an aromatic ring is 2. The smallest absolute Gasteiger partial charge is 0.343 e. The molecule has 0 aliphatic heterocycles. The summed E-state index contributed by atoms with van der Waals surface area (Å²) >= 11 is 0. The largest absolute Gasteiger partial charge is 0.479 e. The molecule has 0 unspecified atom stereocenters. The number of nitrogens with two attached hydrogens (primary N) is 2. The van der Waals surface area contributed by atoms with Crippen LogP contribution >= 0.6 is 0 Å². The van der Waals surface area contributed by atoms with E-state index in [-0.39, 0.29) is 57.7 Å². The zero-order chi connectivity index (χ0) is 38.8. The minimum absolute atomic E-state index is 0.0579. The van der Waals surface area contributed by atoms with Crippen molar-refractivity contribution in [1.82, 2.24) is 54.1 Å². The number of aromatic nitrogens is 11. The topological polar surface area (TPSA) is 284 Å². The fourth-order valence-corrected chi connectivity index (χ4v) is 5.25. The van der Waals surface area contributed by atoms with E-state index in [1.807, 2.05) is 12.1 Å². The normalized spacial score (nSPS) is 11.5. The third kappa shape index (κ3) is 6.56. The van der Waals surface area contributed by atoms with Crippen molar-refractivity contribution >= 4 is 46.6 Å². The molecule has 0 atom stereocenters. The first-order chi connectivity index (χ1) is 26.6. The molecule has 22 heteroatoms. The Labute approximate surface area is 309 Å². The zero-order valence-electron chi connectivity index (χ0n) is 29.4. The quantitative estimate of drug-likeness (QED) is 0.128. The summed E-state index contributed by atoms with van der Waals surface area (Å²) in [5, 5.41) is 45.1. The number of anilines is 2. The summed E-state index contributed by atoms with van der Waals surface area (Å²) in [6, 6.07) is 17.3. The van der Waals surface area contributed by atoms with E-state index in [1.165, 1.54) is 36.0 Å². The Morgan fingerprint density at radius 2 is 1.02 bits per heavy atom. The summed E-state index contributed by atoms with van der Waals surface area (Å²) in [7, 11) is 2.48. The van der Waals surface area contributed by atoms with Gasteiger partial charge in [0.25, 0.3) is 11.9 Å². The van der Waals surface area contributed by atoms with Crippen LogP contribution in [0.1, 0.15) is 32.1 Å². The summed E-state index contributed by atoms with van der Waals surface area (Å²) in [4.78, 5) is 37.4. The number of hydrogen-bond acceptors (Lipinski definition) is 18. The molecule has 0 aliphatic rings. The van der Waals surface area contributed by atoms with Gasteiger partial charge in [0.05, 0.1) is 49.4 Å². The molecule has 0 saturated carbocycles. The molecule has 5 aromatic heterocycles. The fourth-order valence-electron chi connectivity index (χ4n) is 5.25. The number of ether oxygens (including phenoxy) is 2. The van der Waals surface area contributed by atoms with Gasteiger partial charge < -0.3 is 26.0 Å². The van der Waals surface area contributed by atoms with Crippen LogP contribution in [0.3, 0.4) is 0 Å². The Bertz CT molecular complexity index is 2450. The molecule has 2 aromatic carbocycles. The van der Waals surface area contributed by atoms with Gasteiger partial charge in [-0.15, -0.1) is 20.5 Å². The van der Waals surface area contributed by atoms with Gasteiger partial charge >= 0.3 is 17.9 Å². The van der Waals surface area contributed by atoms with Crippen molar-refractivity contribution in [2.75, 3.05) is 25.7 Å². The Balaban J connectivity index is 1.23. The predicted molar refractivity (Wildman–Crippen MR) is 192 cm³/mol. The lowest BCUT2D eigenvalue weighted by molar-refractivity contribution is 0.0592. The standard InChI is InChI=1S/C33H29N17O5/c1-17-23(41-43-27-21(29(51)54-3)15-36-47(27)19-11-7-5-8-12-19)25(34)49(45-17)31-38-32(40-33(53)39-31)50-26(35)24(18(2)46-50)42-44-28-22(30(52)55-4)16-37-48(28)20-13-9-6-10-14-20/h5-16H,34-35H2,1-4H3,(H,38,39,40,53). The van der Waals surface area contributed by atoms with Gasteiger partial charge in [-0.3, -0.25) is 0 Å². The van der Waals surface area contributed by atoms with Crippen LogP contribution in [0.15, 0.2) is 93.5 Å². The molecular weight excluding hydrogens is 714 g/mol. The van der Waals surface area contributed by atoms with Gasteiger partial charge in [-0.1, -0.05) is 36.4 Å². The van der Waals surface area contributed by atoms with Gasteiger partial charge in [0.1, 0.15) is 11.1 Å². The first-order valence-electron chi connectivity index (χ1n) is 16.0. The molecular formula is C33H29N17O5. The van der Waals surface area contributed by atoms with Crippen molar-refractivity contribution in [3.63, 3.8) is 0 Å². The van der Waals surface area contributed by atoms with E-state index in [0.717, 1.165) is 9.36 Å². The lowest BCUT2D eigenvalue weighted by Crippen LogP contribution is -2.13. The van der Waals surface area contributed by atoms with E-state index in [2.05, 4.69) is 55.8 Å². The molecule has 0 aliphatic carbocycles. The van der Waals surface area contributed by atoms with Crippen LogP contribution in [0, 0.1) is 13.8 Å². The number of esters is 2. The molecule has 22 nitrogen and oxygen atoms in total. The van der Waals surface area contributed by atoms with Gasteiger partial charge in [0.2, 0.25) is 0 Å². The Hall–Kier alpha value is -8.17. The van der Waals surface area contributed by atoms with E-state index < -0.39 is 17.9 Å². The van der Waals surface area contributed by atoms with Crippen molar-refractivity contribution < 1.29 is 24.2 Å². The lowest BCUT2D eigenvalue weighted by Gasteiger charge is -2.06. The third-order valence-electron chi connectivity index (χ3n) is 7.90. The molecule has 0 radical (unpaired) electrons. The van der Waals surface area contributed by atoms with Crippen LogP contribution in [0.4, 0.5) is 34.6 Å². The number of rotatable bonds is 10. The van der Waals surface area contributed by atoms with Gasteiger partial charge in [0, 0.05) is 0 Å². The molecule has 5 heterocycles. The van der Waals surface area contributed by atoms with Gasteiger partial charge in [0.15, 0.2) is 34.6 Å². The second kappa shape index (κ2) is 14.5. The van der Waals surface area contributed by atoms with E-state index >= 15 is 0 Å². The average Bonchev–Trinajstić information content (AvgIpc) is 3.96. The van der Waals surface area contributed by atoms with Crippen LogP contribution in [-0.4, -0.2) is 85.3 Å². The highest BCUT2D eigenvalue weighted by atomic mass is 16.5. The molecule has 7 aromatic rings. The van der Waals surface area contributed by atoms with Gasteiger partial charge in [-0.2, -0.15) is 44.7 Å². The van der Waals surface area contributed by atoms with Crippen molar-refractivity contribution in [3.8, 4) is 29.3 Å². The van der Waals surface area contributed by atoms with Crippen LogP contribution in [0.25, 0.3) is 23.3 Å². The molecule has 0 amide bonds. The molecule has 55 heavy (non-hydrogen) atoms. The van der Waals surface area contributed by atoms with E-state index in [0.29, 0.717) is 22.8 Å². The first-order valence-corrected chi connectivity index (χ1v) is 16.0. The number of para-hydroxylation sites is 2. The number of aromatic hydroxyl groups is 1. The van der Waals surface area contributed by atoms with Gasteiger partial charge in [-0.05, 0) is 38.1 Å². The monoisotopic (exact) mass is 743 g/mol. The molecule has 7 rings (SSSR count). The van der Waals surface area contributed by atoms with Crippen molar-refractivity contribution in [3.05, 3.63) is 95.6 Å². The Kier molecular flexibility index (Phi) is 9.26. The number of carbonyl (C=O) groups is 2. The van der Waals surface area contributed by atoms with Crippen LogP contribution in [-0.2, 0) is 9.47 Å². The highest BCUT2D eigenvalue weighted by Crippen LogP contribution is 2.34. The minimum atomic E-state index is -0.713. The van der Waals surface area contributed by atoms with Crippen molar-refractivity contribution in [2.45, 2.75) is 13.8 Å². The van der Waals surface area contributed by atoms with E-state index in [4.69, 9.17) is 20.9 Å². The summed E-state index contributed by atoms with van der Waals surface area (Å²) in [5.74, 6) is -1.78. The Morgan fingerprint density at radius 3 is 1.40 bits per heavy atom. The minimum Gasteiger partial charge on any atom is -0.479 e. The number of carbonyl (C=O) groups excluding carboxylic acids is 2. The van der Waals surface area contributed by atoms with Crippen molar-refractivity contribution in [1.29, 1.82) is 0 Å². The molecule has 0 saturated heterocycles. The van der Waals surface area contributed by atoms with Crippen LogP contribution in [0.2, 0.25) is 0 Å². The lowest BCUT2D eigenvalue weighted by atomic mass is 10.3. The van der Waals surface area contributed by atoms with Crippen LogP contribution in [0.5, 0.6) is 6.01 Å². The highest BCUT2D eigenvalue weighted by Gasteiger charge is 2.24. The number of benzene rings is 2. The highest BCUT2D eigenvalue weighted by molar-refractivity contribution is 5.94. The maximum atomic E-state index is 12.5. The summed E-state index contributed by atoms with van der Waals surface area (Å²) in [6.07, 6.45) is 2.63. The molecule has 0 bridgehead atoms. The summed E-state index contributed by atoms with van der Waals surface area (Å²) < 4.78 is 14.9. The molecule has 5 N–H and O–H groups in total. The predicted octanol–water partition coefficient (Wildman–Crippen LogP) is 4.51. The number of aryl methyl sites for hydroxylation is 2. The van der Waals surface area contributed by atoms with E-state index in [9.17, 15) is 14.7 Å². The molecule has 0 fully saturated rings. The molecule has 0 spiro atoms. The SMILES string of the molecule is COC(=O)c1cnn(-c2ccccc2)c1N=Nc1c(C)nn(-c2nc(O)nc(-n3nc(C)c(N=Nc4c(C(=O)OC)cnn4-c4ccccc4)c3N)n2)c1N. The number of methoxy groups -OCH3 is 2. The van der Waals surface area contributed by atoms with Crippen molar-refractivity contribution in [2.24, 2.45) is 20.5 Å². The zero-order valence-corrected chi connectivity index (χ0v) is 29.4. The fraction of sp³-hybridized carbons (Fsp3) is 0.121. The third-order valence-corrected chi connectivity index (χ3v) is 7.90. The van der Waals surface area contributed by atoms with E-state index in [1.54, 1.807) is 62.4 Å². The maximum Gasteiger partial charge on any atom is 0.343 e. The summed E-state index contributed by atoms with van der Waals surface area (Å²) in [6.45, 7) is 3.22. The second-order valence-electron chi connectivity index (χ2n) is 11.3. The number of hydrogen-bond donors (Lipinski definition) is 3.